The predicted molar refractivity (Wildman–Crippen MR) is 130 cm³/mol. The fraction of sp³-hybridized carbons (Fsp3) is 0.0741. The Morgan fingerprint density at radius 3 is 2.41 bits per heavy atom. The largest absolute Gasteiger partial charge is 0.488 e. The maximum absolute atomic E-state index is 13.7. The molecule has 0 bridgehead atoms. The first-order valence-electron chi connectivity index (χ1n) is 10.6. The summed E-state index contributed by atoms with van der Waals surface area (Å²) in [5.41, 5.74) is 4.08. The van der Waals surface area contributed by atoms with Gasteiger partial charge in [0.05, 0.1) is 11.9 Å². The molecule has 34 heavy (non-hydrogen) atoms. The van der Waals surface area contributed by atoms with Crippen LogP contribution in [-0.4, -0.2) is 18.0 Å². The van der Waals surface area contributed by atoms with Crippen molar-refractivity contribution in [2.45, 2.75) is 13.0 Å². The third-order valence-corrected chi connectivity index (χ3v) is 5.02. The number of benzene rings is 4. The Morgan fingerprint density at radius 1 is 0.853 bits per heavy atom. The van der Waals surface area contributed by atoms with Crippen LogP contribution < -0.4 is 15.5 Å². The van der Waals surface area contributed by atoms with Gasteiger partial charge in [-0.15, -0.1) is 0 Å². The summed E-state index contributed by atoms with van der Waals surface area (Å²) in [4.78, 5) is 24.2. The number of hydrogen-bond acceptors (Lipinski definition) is 4. The molecule has 0 atom stereocenters. The van der Waals surface area contributed by atoms with Gasteiger partial charge in [0.1, 0.15) is 24.6 Å². The van der Waals surface area contributed by atoms with Gasteiger partial charge in [-0.05, 0) is 34.5 Å². The minimum absolute atomic E-state index is 0.0137. The van der Waals surface area contributed by atoms with Crippen LogP contribution in [0.25, 0.3) is 10.8 Å². The van der Waals surface area contributed by atoms with Gasteiger partial charge in [-0.25, -0.2) is 9.82 Å². The zero-order valence-corrected chi connectivity index (χ0v) is 18.2. The maximum Gasteiger partial charge on any atom is 0.249 e. The molecule has 0 saturated carbocycles. The maximum atomic E-state index is 13.7. The fourth-order valence-corrected chi connectivity index (χ4v) is 3.38. The van der Waals surface area contributed by atoms with Crippen LogP contribution in [0.15, 0.2) is 96.1 Å². The monoisotopic (exact) mass is 455 g/mol. The van der Waals surface area contributed by atoms with E-state index < -0.39 is 24.1 Å². The molecule has 0 aromatic heterocycles. The molecule has 7 heteroatoms. The highest BCUT2D eigenvalue weighted by Gasteiger charge is 2.12. The Bertz CT molecular complexity index is 1340. The molecule has 2 N–H and O–H groups in total. The summed E-state index contributed by atoms with van der Waals surface area (Å²) >= 11 is 0. The summed E-state index contributed by atoms with van der Waals surface area (Å²) in [6, 6.07) is 27.1. The second-order valence-corrected chi connectivity index (χ2v) is 7.47. The van der Waals surface area contributed by atoms with E-state index in [4.69, 9.17) is 4.74 Å². The van der Waals surface area contributed by atoms with Gasteiger partial charge in [0, 0.05) is 5.56 Å². The molecule has 2 amide bonds. The van der Waals surface area contributed by atoms with Crippen LogP contribution in [0.2, 0.25) is 0 Å². The number of rotatable bonds is 8. The van der Waals surface area contributed by atoms with E-state index in [9.17, 15) is 14.0 Å². The molecule has 0 unspecified atom stereocenters. The van der Waals surface area contributed by atoms with Crippen LogP contribution in [0.5, 0.6) is 5.75 Å². The van der Waals surface area contributed by atoms with E-state index in [2.05, 4.69) is 15.8 Å². The lowest BCUT2D eigenvalue weighted by Crippen LogP contribution is -2.25. The summed E-state index contributed by atoms with van der Waals surface area (Å²) in [6.45, 7) is 0.378. The van der Waals surface area contributed by atoms with Crippen molar-refractivity contribution in [3.05, 3.63) is 108 Å². The summed E-state index contributed by atoms with van der Waals surface area (Å²) in [7, 11) is 0. The molecule has 0 aliphatic heterocycles. The van der Waals surface area contributed by atoms with E-state index in [0.717, 1.165) is 16.3 Å². The van der Waals surface area contributed by atoms with Gasteiger partial charge < -0.3 is 10.1 Å². The summed E-state index contributed by atoms with van der Waals surface area (Å²) < 4.78 is 19.7. The van der Waals surface area contributed by atoms with Gasteiger partial charge in [0.2, 0.25) is 11.8 Å². The molecule has 0 spiro atoms. The van der Waals surface area contributed by atoms with Crippen molar-refractivity contribution in [3.8, 4) is 5.75 Å². The number of halogens is 1. The van der Waals surface area contributed by atoms with Crippen molar-refractivity contribution >= 4 is 34.5 Å². The summed E-state index contributed by atoms with van der Waals surface area (Å²) in [5, 5.41) is 8.29. The van der Waals surface area contributed by atoms with Crippen LogP contribution in [0, 0.1) is 5.82 Å². The van der Waals surface area contributed by atoms with Gasteiger partial charge in [0.25, 0.3) is 0 Å². The summed E-state index contributed by atoms with van der Waals surface area (Å²) in [5.74, 6) is -1.24. The predicted octanol–water partition coefficient (Wildman–Crippen LogP) is 5.04. The highest BCUT2D eigenvalue weighted by atomic mass is 19.1. The van der Waals surface area contributed by atoms with Crippen molar-refractivity contribution in [2.75, 3.05) is 5.32 Å². The van der Waals surface area contributed by atoms with E-state index in [0.29, 0.717) is 17.9 Å². The zero-order valence-electron chi connectivity index (χ0n) is 18.2. The van der Waals surface area contributed by atoms with Gasteiger partial charge in [-0.2, -0.15) is 5.10 Å². The van der Waals surface area contributed by atoms with Gasteiger partial charge in [0.15, 0.2) is 0 Å². The molecule has 0 fully saturated rings. The number of carbonyl (C=O) groups excluding carboxylic acids is 2. The Morgan fingerprint density at radius 2 is 1.59 bits per heavy atom. The number of nitrogens with zero attached hydrogens (tertiary/aromatic N) is 1. The minimum atomic E-state index is -0.644. The number of carbonyl (C=O) groups is 2. The quantitative estimate of drug-likeness (QED) is 0.222. The topological polar surface area (TPSA) is 79.8 Å². The second kappa shape index (κ2) is 10.9. The van der Waals surface area contributed by atoms with Crippen molar-refractivity contribution < 1.29 is 18.7 Å². The number of para-hydroxylation sites is 1. The second-order valence-electron chi connectivity index (χ2n) is 7.47. The first-order chi connectivity index (χ1) is 16.6. The lowest BCUT2D eigenvalue weighted by Gasteiger charge is -2.12. The van der Waals surface area contributed by atoms with Gasteiger partial charge in [-0.3, -0.25) is 9.59 Å². The molecule has 4 aromatic rings. The number of fused-ring (bicyclic) bond motifs is 1. The van der Waals surface area contributed by atoms with E-state index in [1.54, 1.807) is 6.07 Å². The van der Waals surface area contributed by atoms with Crippen LogP contribution in [-0.2, 0) is 16.2 Å². The SMILES string of the molecule is O=C(CC(=O)Nc1ccccc1F)NN=Cc1c(OCc2ccccc2)ccc2ccccc12. The lowest BCUT2D eigenvalue weighted by atomic mass is 10.0. The molecule has 4 rings (SSSR count). The normalized spacial score (nSPS) is 10.9. The first kappa shape index (κ1) is 22.7. The Kier molecular flexibility index (Phi) is 7.25. The molecule has 0 saturated heterocycles. The fourth-order valence-electron chi connectivity index (χ4n) is 3.38. The number of nitrogens with one attached hydrogen (secondary N) is 2. The number of anilines is 1. The molecule has 0 aliphatic rings. The number of amides is 2. The highest BCUT2D eigenvalue weighted by molar-refractivity contribution is 6.05. The molecular formula is C27H22FN3O3. The van der Waals surface area contributed by atoms with Gasteiger partial charge >= 0.3 is 0 Å². The van der Waals surface area contributed by atoms with Crippen LogP contribution in [0.1, 0.15) is 17.5 Å². The lowest BCUT2D eigenvalue weighted by molar-refractivity contribution is -0.126. The van der Waals surface area contributed by atoms with E-state index in [1.807, 2.05) is 66.7 Å². The van der Waals surface area contributed by atoms with Crippen molar-refractivity contribution in [1.29, 1.82) is 0 Å². The van der Waals surface area contributed by atoms with Crippen molar-refractivity contribution in [1.82, 2.24) is 5.43 Å². The molecule has 6 nitrogen and oxygen atoms in total. The molecule has 4 aromatic carbocycles. The highest BCUT2D eigenvalue weighted by Crippen LogP contribution is 2.27. The molecule has 0 radical (unpaired) electrons. The van der Waals surface area contributed by atoms with Crippen molar-refractivity contribution in [2.24, 2.45) is 5.10 Å². The Hall–Kier alpha value is -4.52. The molecular weight excluding hydrogens is 433 g/mol. The van der Waals surface area contributed by atoms with Crippen LogP contribution in [0.4, 0.5) is 10.1 Å². The molecule has 170 valence electrons. The standard InChI is InChI=1S/C27H22FN3O3/c28-23-12-6-7-13-24(23)30-26(32)16-27(33)31-29-17-22-21-11-5-4-10-20(21)14-15-25(22)34-18-19-8-2-1-3-9-19/h1-15,17H,16,18H2,(H,30,32)(H,31,33). The van der Waals surface area contributed by atoms with Crippen molar-refractivity contribution in [3.63, 3.8) is 0 Å². The first-order valence-corrected chi connectivity index (χ1v) is 10.6. The van der Waals surface area contributed by atoms with Crippen LogP contribution in [0.3, 0.4) is 0 Å². The van der Waals surface area contributed by atoms with Gasteiger partial charge in [-0.1, -0.05) is 72.8 Å². The average molecular weight is 455 g/mol. The van der Waals surface area contributed by atoms with Crippen LogP contribution >= 0.6 is 0 Å². The zero-order chi connectivity index (χ0) is 23.8. The Labute approximate surface area is 196 Å². The number of hydrogen-bond donors (Lipinski definition) is 2. The number of ether oxygens (including phenoxy) is 1. The Balaban J connectivity index is 1.44. The smallest absolute Gasteiger partial charge is 0.249 e. The minimum Gasteiger partial charge on any atom is -0.488 e. The average Bonchev–Trinajstić information content (AvgIpc) is 2.85. The third kappa shape index (κ3) is 5.83. The molecule has 0 aliphatic carbocycles. The van der Waals surface area contributed by atoms with E-state index in [1.165, 1.54) is 24.4 Å². The van der Waals surface area contributed by atoms with E-state index in [-0.39, 0.29) is 5.69 Å². The number of hydrazone groups is 1. The molecule has 0 heterocycles. The van der Waals surface area contributed by atoms with E-state index >= 15 is 0 Å². The third-order valence-electron chi connectivity index (χ3n) is 5.02. The summed E-state index contributed by atoms with van der Waals surface area (Å²) in [6.07, 6.45) is 0.994.